The second-order valence-corrected chi connectivity index (χ2v) is 4.49. The van der Waals surface area contributed by atoms with Crippen LogP contribution in [0.4, 0.5) is 0 Å². The Bertz CT molecular complexity index is 522. The molecular formula is C14H17N3O2. The normalized spacial score (nSPS) is 10.5. The topological polar surface area (TPSA) is 68.0 Å². The monoisotopic (exact) mass is 259 g/mol. The minimum atomic E-state index is -0.743. The second-order valence-electron chi connectivity index (χ2n) is 4.49. The van der Waals surface area contributed by atoms with Gasteiger partial charge in [-0.2, -0.15) is 0 Å². The maximum absolute atomic E-state index is 10.4. The molecule has 2 rings (SSSR count). The highest BCUT2D eigenvalue weighted by molar-refractivity contribution is 5.66. The van der Waals surface area contributed by atoms with E-state index in [0.717, 1.165) is 18.5 Å². The van der Waals surface area contributed by atoms with Crippen LogP contribution in [-0.2, 0) is 17.8 Å². The summed E-state index contributed by atoms with van der Waals surface area (Å²) in [4.78, 5) is 10.4. The van der Waals surface area contributed by atoms with Crippen molar-refractivity contribution in [1.29, 1.82) is 0 Å². The number of aryl methyl sites for hydroxylation is 1. The zero-order chi connectivity index (χ0) is 13.5. The molecule has 0 unspecified atom stereocenters. The number of carboxylic acids is 1. The quantitative estimate of drug-likeness (QED) is 0.773. The molecule has 19 heavy (non-hydrogen) atoms. The van der Waals surface area contributed by atoms with Gasteiger partial charge in [-0.05, 0) is 24.8 Å². The highest BCUT2D eigenvalue weighted by atomic mass is 16.4. The Balaban J connectivity index is 1.80. The summed E-state index contributed by atoms with van der Waals surface area (Å²) >= 11 is 0. The molecule has 0 radical (unpaired) electrons. The molecule has 0 bridgehead atoms. The fraction of sp³-hybridized carbons (Fsp3) is 0.357. The zero-order valence-corrected chi connectivity index (χ0v) is 10.7. The first kappa shape index (κ1) is 13.3. The Hall–Kier alpha value is -2.17. The van der Waals surface area contributed by atoms with E-state index in [4.69, 9.17) is 5.11 Å². The first-order chi connectivity index (χ1) is 9.24. The Morgan fingerprint density at radius 3 is 2.74 bits per heavy atom. The van der Waals surface area contributed by atoms with Crippen molar-refractivity contribution < 1.29 is 9.90 Å². The van der Waals surface area contributed by atoms with Crippen molar-refractivity contribution >= 4 is 5.97 Å². The number of carboxylic acid groups (broad SMARTS) is 1. The van der Waals surface area contributed by atoms with Crippen molar-refractivity contribution in [3.8, 4) is 0 Å². The Morgan fingerprint density at radius 2 is 2.00 bits per heavy atom. The van der Waals surface area contributed by atoms with E-state index in [-0.39, 0.29) is 6.42 Å². The lowest BCUT2D eigenvalue weighted by Crippen LogP contribution is -1.99. The van der Waals surface area contributed by atoms with E-state index in [1.54, 1.807) is 0 Å². The molecule has 0 fully saturated rings. The van der Waals surface area contributed by atoms with E-state index in [2.05, 4.69) is 10.3 Å². The van der Waals surface area contributed by atoms with Crippen molar-refractivity contribution in [1.82, 2.24) is 15.0 Å². The van der Waals surface area contributed by atoms with Crippen molar-refractivity contribution in [2.75, 3.05) is 0 Å². The van der Waals surface area contributed by atoms with Crippen LogP contribution in [0.1, 0.15) is 30.5 Å². The van der Waals surface area contributed by atoms with Crippen molar-refractivity contribution in [2.24, 2.45) is 0 Å². The first-order valence-electron chi connectivity index (χ1n) is 6.39. The molecule has 100 valence electrons. The van der Waals surface area contributed by atoms with E-state index in [1.165, 1.54) is 5.56 Å². The molecule has 1 aromatic carbocycles. The molecule has 1 heterocycles. The second kappa shape index (κ2) is 6.68. The number of carbonyl (C=O) groups is 1. The molecule has 0 atom stereocenters. The van der Waals surface area contributed by atoms with Gasteiger partial charge in [0.2, 0.25) is 0 Å². The predicted molar refractivity (Wildman–Crippen MR) is 70.8 cm³/mol. The molecule has 0 aliphatic heterocycles. The van der Waals surface area contributed by atoms with Gasteiger partial charge in [0, 0.05) is 12.6 Å². The molecule has 0 amide bonds. The van der Waals surface area contributed by atoms with Gasteiger partial charge in [-0.1, -0.05) is 35.5 Å². The van der Waals surface area contributed by atoms with Crippen molar-refractivity contribution in [2.45, 2.75) is 32.2 Å². The summed E-state index contributed by atoms with van der Waals surface area (Å²) in [7, 11) is 0. The maximum atomic E-state index is 10.4. The largest absolute Gasteiger partial charge is 0.481 e. The van der Waals surface area contributed by atoms with Crippen LogP contribution in [0, 0.1) is 0 Å². The van der Waals surface area contributed by atoms with Crippen LogP contribution in [-0.4, -0.2) is 26.1 Å². The number of hydrogen-bond donors (Lipinski definition) is 1. The average Bonchev–Trinajstić information content (AvgIpc) is 2.83. The lowest BCUT2D eigenvalue weighted by atomic mass is 10.1. The van der Waals surface area contributed by atoms with E-state index < -0.39 is 5.97 Å². The summed E-state index contributed by atoms with van der Waals surface area (Å²) in [5, 5.41) is 16.7. The van der Waals surface area contributed by atoms with Gasteiger partial charge in [-0.25, -0.2) is 4.68 Å². The average molecular weight is 259 g/mol. The molecule has 0 saturated heterocycles. The minimum Gasteiger partial charge on any atom is -0.481 e. The van der Waals surface area contributed by atoms with Crippen molar-refractivity contribution in [3.63, 3.8) is 0 Å². The van der Waals surface area contributed by atoms with Crippen LogP contribution in [0.3, 0.4) is 0 Å². The van der Waals surface area contributed by atoms with Crippen LogP contribution in [0.15, 0.2) is 36.5 Å². The van der Waals surface area contributed by atoms with E-state index >= 15 is 0 Å². The van der Waals surface area contributed by atoms with Gasteiger partial charge in [0.15, 0.2) is 0 Å². The highest BCUT2D eigenvalue weighted by Gasteiger charge is 2.02. The molecule has 0 aliphatic rings. The molecule has 5 nitrogen and oxygen atoms in total. The number of hydrogen-bond acceptors (Lipinski definition) is 3. The van der Waals surface area contributed by atoms with Gasteiger partial charge in [0.1, 0.15) is 0 Å². The van der Waals surface area contributed by atoms with Crippen LogP contribution in [0.25, 0.3) is 0 Å². The van der Waals surface area contributed by atoms with Crippen LogP contribution < -0.4 is 0 Å². The molecule has 1 aromatic heterocycles. The summed E-state index contributed by atoms with van der Waals surface area (Å²) in [5.74, 6) is -0.743. The summed E-state index contributed by atoms with van der Waals surface area (Å²) < 4.78 is 1.81. The van der Waals surface area contributed by atoms with Crippen LogP contribution >= 0.6 is 0 Å². The number of aromatic nitrogens is 3. The standard InChI is InChI=1S/C14H17N3O2/c18-14(19)9-5-4-8-13-11-17(16-15-13)10-12-6-2-1-3-7-12/h1-3,6-7,11H,4-5,8-10H2,(H,18,19). The Kier molecular flexibility index (Phi) is 4.66. The smallest absolute Gasteiger partial charge is 0.303 e. The van der Waals surface area contributed by atoms with E-state index in [1.807, 2.05) is 41.2 Å². The van der Waals surface area contributed by atoms with E-state index in [0.29, 0.717) is 13.0 Å². The summed E-state index contributed by atoms with van der Waals surface area (Å²) in [6.45, 7) is 0.711. The fourth-order valence-electron chi connectivity index (χ4n) is 1.88. The Labute approximate surface area is 111 Å². The third-order valence-corrected chi connectivity index (χ3v) is 2.85. The van der Waals surface area contributed by atoms with Crippen LogP contribution in [0.2, 0.25) is 0 Å². The molecule has 5 heteroatoms. The molecular weight excluding hydrogens is 242 g/mol. The molecule has 0 spiro atoms. The number of nitrogens with zero attached hydrogens (tertiary/aromatic N) is 3. The number of aliphatic carboxylic acids is 1. The van der Waals surface area contributed by atoms with E-state index in [9.17, 15) is 4.79 Å². The highest BCUT2D eigenvalue weighted by Crippen LogP contribution is 2.05. The maximum Gasteiger partial charge on any atom is 0.303 e. The van der Waals surface area contributed by atoms with Gasteiger partial charge in [0.05, 0.1) is 12.2 Å². The summed E-state index contributed by atoms with van der Waals surface area (Å²) in [5.41, 5.74) is 2.10. The van der Waals surface area contributed by atoms with Gasteiger partial charge in [-0.3, -0.25) is 4.79 Å². The first-order valence-corrected chi connectivity index (χ1v) is 6.39. The third-order valence-electron chi connectivity index (χ3n) is 2.85. The fourth-order valence-corrected chi connectivity index (χ4v) is 1.88. The number of benzene rings is 1. The van der Waals surface area contributed by atoms with Gasteiger partial charge >= 0.3 is 5.97 Å². The summed E-state index contributed by atoms with van der Waals surface area (Å²) in [6, 6.07) is 10.1. The van der Waals surface area contributed by atoms with Crippen molar-refractivity contribution in [3.05, 3.63) is 47.8 Å². The number of rotatable bonds is 7. The molecule has 1 N–H and O–H groups in total. The van der Waals surface area contributed by atoms with Gasteiger partial charge in [0.25, 0.3) is 0 Å². The lowest BCUT2D eigenvalue weighted by molar-refractivity contribution is -0.137. The molecule has 0 saturated carbocycles. The van der Waals surface area contributed by atoms with Gasteiger partial charge in [-0.15, -0.1) is 5.10 Å². The molecule has 0 aliphatic carbocycles. The van der Waals surface area contributed by atoms with Crippen LogP contribution in [0.5, 0.6) is 0 Å². The predicted octanol–water partition coefficient (Wildman–Crippen LogP) is 2.12. The zero-order valence-electron chi connectivity index (χ0n) is 10.7. The third kappa shape index (κ3) is 4.54. The summed E-state index contributed by atoms with van der Waals surface area (Å²) in [6.07, 6.45) is 4.44. The SMILES string of the molecule is O=C(O)CCCCc1cn(Cc2ccccc2)nn1. The Morgan fingerprint density at radius 1 is 1.21 bits per heavy atom. The minimum absolute atomic E-state index is 0.220. The molecule has 2 aromatic rings. The lowest BCUT2D eigenvalue weighted by Gasteiger charge is -1.99. The number of unbranched alkanes of at least 4 members (excludes halogenated alkanes) is 1. The van der Waals surface area contributed by atoms with Gasteiger partial charge < -0.3 is 5.11 Å².